The first kappa shape index (κ1) is 15.3. The van der Waals surface area contributed by atoms with Crippen molar-refractivity contribution in [3.63, 3.8) is 0 Å². The molecule has 114 valence electrons. The van der Waals surface area contributed by atoms with Gasteiger partial charge in [-0.25, -0.2) is 0 Å². The molecule has 2 rings (SSSR count). The Kier molecular flexibility index (Phi) is 4.80. The number of hydrogen-bond acceptors (Lipinski definition) is 4. The number of phenolic OH excluding ortho intramolecular Hbond substituents is 1. The summed E-state index contributed by atoms with van der Waals surface area (Å²) in [5.41, 5.74) is 0.288. The first-order chi connectivity index (χ1) is 10.0. The lowest BCUT2D eigenvalue weighted by molar-refractivity contribution is -0.144. The largest absolute Gasteiger partial charge is 0.507 e. The van der Waals surface area contributed by atoms with E-state index >= 15 is 0 Å². The number of phenols is 1. The highest BCUT2D eigenvalue weighted by atomic mass is 16.4. The van der Waals surface area contributed by atoms with Gasteiger partial charge in [-0.2, -0.15) is 0 Å². The Balaban J connectivity index is 2.00. The molecule has 0 radical (unpaired) electrons. The number of nitrogens with zero attached hydrogens (tertiary/aromatic N) is 2. The fourth-order valence-corrected chi connectivity index (χ4v) is 2.65. The van der Waals surface area contributed by atoms with E-state index in [0.717, 1.165) is 0 Å². The van der Waals surface area contributed by atoms with Crippen LogP contribution in [0.2, 0.25) is 0 Å². The second kappa shape index (κ2) is 6.58. The van der Waals surface area contributed by atoms with Gasteiger partial charge in [0.2, 0.25) is 0 Å². The zero-order chi connectivity index (χ0) is 15.4. The van der Waals surface area contributed by atoms with E-state index in [4.69, 9.17) is 5.11 Å². The molecule has 1 aromatic carbocycles. The summed E-state index contributed by atoms with van der Waals surface area (Å²) >= 11 is 0. The van der Waals surface area contributed by atoms with Crippen molar-refractivity contribution in [2.75, 3.05) is 26.2 Å². The van der Waals surface area contributed by atoms with E-state index < -0.39 is 12.0 Å². The molecule has 1 fully saturated rings. The fourth-order valence-electron chi connectivity index (χ4n) is 2.65. The number of carbonyl (C=O) groups is 2. The van der Waals surface area contributed by atoms with Gasteiger partial charge < -0.3 is 15.1 Å². The Morgan fingerprint density at radius 3 is 2.33 bits per heavy atom. The quantitative estimate of drug-likeness (QED) is 0.865. The SMILES string of the molecule is CCC(C(=O)O)N1CCN(C(=O)c2ccccc2O)CC1. The molecule has 6 nitrogen and oxygen atoms in total. The molecule has 21 heavy (non-hydrogen) atoms. The van der Waals surface area contributed by atoms with Gasteiger partial charge in [0.25, 0.3) is 5.91 Å². The van der Waals surface area contributed by atoms with E-state index in [1.165, 1.54) is 6.07 Å². The second-order valence-corrected chi connectivity index (χ2v) is 5.11. The number of amides is 1. The third-order valence-electron chi connectivity index (χ3n) is 3.85. The van der Waals surface area contributed by atoms with Crippen molar-refractivity contribution in [2.45, 2.75) is 19.4 Å². The maximum absolute atomic E-state index is 12.3. The van der Waals surface area contributed by atoms with E-state index in [9.17, 15) is 14.7 Å². The minimum Gasteiger partial charge on any atom is -0.507 e. The van der Waals surface area contributed by atoms with Gasteiger partial charge in [0.1, 0.15) is 11.8 Å². The van der Waals surface area contributed by atoms with Crippen molar-refractivity contribution < 1.29 is 19.8 Å². The summed E-state index contributed by atoms with van der Waals surface area (Å²) in [6, 6.07) is 5.97. The zero-order valence-corrected chi connectivity index (χ0v) is 12.0. The highest BCUT2D eigenvalue weighted by molar-refractivity contribution is 5.96. The Hall–Kier alpha value is -2.08. The number of aromatic hydroxyl groups is 1. The van der Waals surface area contributed by atoms with Gasteiger partial charge in [-0.3, -0.25) is 14.5 Å². The molecule has 1 saturated heterocycles. The molecule has 1 amide bonds. The third kappa shape index (κ3) is 3.33. The second-order valence-electron chi connectivity index (χ2n) is 5.11. The number of benzene rings is 1. The Labute approximate surface area is 123 Å². The molecule has 1 unspecified atom stereocenters. The lowest BCUT2D eigenvalue weighted by atomic mass is 10.1. The summed E-state index contributed by atoms with van der Waals surface area (Å²) in [5, 5.41) is 18.9. The normalized spacial score (nSPS) is 17.5. The molecule has 2 N–H and O–H groups in total. The summed E-state index contributed by atoms with van der Waals surface area (Å²) in [6.45, 7) is 3.85. The summed E-state index contributed by atoms with van der Waals surface area (Å²) in [6.07, 6.45) is 0.544. The molecule has 1 heterocycles. The number of rotatable bonds is 4. The number of para-hydroxylation sites is 1. The zero-order valence-electron chi connectivity index (χ0n) is 12.0. The van der Waals surface area contributed by atoms with Crippen molar-refractivity contribution in [1.29, 1.82) is 0 Å². The number of carboxylic acid groups (broad SMARTS) is 1. The van der Waals surface area contributed by atoms with Crippen LogP contribution >= 0.6 is 0 Å². The van der Waals surface area contributed by atoms with Crippen LogP contribution in [0.3, 0.4) is 0 Å². The number of piperazine rings is 1. The van der Waals surface area contributed by atoms with Crippen LogP contribution in [0.1, 0.15) is 23.7 Å². The molecular weight excluding hydrogens is 272 g/mol. The summed E-state index contributed by atoms with van der Waals surface area (Å²) < 4.78 is 0. The predicted octanol–water partition coefficient (Wildman–Crippen LogP) is 1.01. The van der Waals surface area contributed by atoms with Gasteiger partial charge in [-0.05, 0) is 18.6 Å². The van der Waals surface area contributed by atoms with Crippen LogP contribution in [-0.2, 0) is 4.79 Å². The van der Waals surface area contributed by atoms with Gasteiger partial charge in [0.15, 0.2) is 0 Å². The van der Waals surface area contributed by atoms with E-state index in [-0.39, 0.29) is 17.2 Å². The van der Waals surface area contributed by atoms with E-state index in [1.54, 1.807) is 23.1 Å². The van der Waals surface area contributed by atoms with E-state index in [2.05, 4.69) is 0 Å². The van der Waals surface area contributed by atoms with Gasteiger partial charge in [0.05, 0.1) is 5.56 Å². The number of aliphatic carboxylic acids is 1. The van der Waals surface area contributed by atoms with Gasteiger partial charge in [0, 0.05) is 26.2 Å². The maximum atomic E-state index is 12.3. The van der Waals surface area contributed by atoms with Crippen molar-refractivity contribution in [3.05, 3.63) is 29.8 Å². The third-order valence-corrected chi connectivity index (χ3v) is 3.85. The average Bonchev–Trinajstić information content (AvgIpc) is 2.48. The molecule has 0 bridgehead atoms. The van der Waals surface area contributed by atoms with E-state index in [0.29, 0.717) is 32.6 Å². The van der Waals surface area contributed by atoms with Crippen LogP contribution in [0.25, 0.3) is 0 Å². The highest BCUT2D eigenvalue weighted by Crippen LogP contribution is 2.19. The summed E-state index contributed by atoms with van der Waals surface area (Å²) in [5.74, 6) is -1.06. The van der Waals surface area contributed by atoms with Crippen LogP contribution in [-0.4, -0.2) is 64.1 Å². The minimum atomic E-state index is -0.821. The molecule has 0 saturated carbocycles. The van der Waals surface area contributed by atoms with E-state index in [1.807, 2.05) is 11.8 Å². The first-order valence-corrected chi connectivity index (χ1v) is 7.08. The van der Waals surface area contributed by atoms with Crippen molar-refractivity contribution in [3.8, 4) is 5.75 Å². The van der Waals surface area contributed by atoms with Crippen molar-refractivity contribution in [1.82, 2.24) is 9.80 Å². The van der Waals surface area contributed by atoms with Gasteiger partial charge >= 0.3 is 5.97 Å². The summed E-state index contributed by atoms with van der Waals surface area (Å²) in [4.78, 5) is 27.0. The number of carboxylic acids is 1. The van der Waals surface area contributed by atoms with Crippen LogP contribution in [0.4, 0.5) is 0 Å². The minimum absolute atomic E-state index is 0.0260. The Morgan fingerprint density at radius 2 is 1.81 bits per heavy atom. The molecule has 1 aliphatic heterocycles. The van der Waals surface area contributed by atoms with Crippen molar-refractivity contribution in [2.24, 2.45) is 0 Å². The topological polar surface area (TPSA) is 81.1 Å². The van der Waals surface area contributed by atoms with Gasteiger partial charge in [-0.15, -0.1) is 0 Å². The molecule has 1 aromatic rings. The highest BCUT2D eigenvalue weighted by Gasteiger charge is 2.29. The Morgan fingerprint density at radius 1 is 1.19 bits per heavy atom. The number of hydrogen-bond donors (Lipinski definition) is 2. The fraction of sp³-hybridized carbons (Fsp3) is 0.467. The molecule has 0 aliphatic carbocycles. The molecule has 0 aromatic heterocycles. The Bertz CT molecular complexity index is 524. The molecule has 6 heteroatoms. The number of carbonyl (C=O) groups excluding carboxylic acids is 1. The first-order valence-electron chi connectivity index (χ1n) is 7.08. The molecule has 0 spiro atoms. The average molecular weight is 292 g/mol. The molecule has 1 atom stereocenters. The summed E-state index contributed by atoms with van der Waals surface area (Å²) in [7, 11) is 0. The van der Waals surface area contributed by atoms with Crippen LogP contribution in [0, 0.1) is 0 Å². The smallest absolute Gasteiger partial charge is 0.320 e. The maximum Gasteiger partial charge on any atom is 0.320 e. The standard InChI is InChI=1S/C15H20N2O4/c1-2-12(15(20)21)16-7-9-17(10-8-16)14(19)11-5-3-4-6-13(11)18/h3-6,12,18H,2,7-10H2,1H3,(H,20,21). The lowest BCUT2D eigenvalue weighted by Crippen LogP contribution is -2.53. The molecular formula is C15H20N2O4. The van der Waals surface area contributed by atoms with Crippen LogP contribution in [0.15, 0.2) is 24.3 Å². The molecule has 1 aliphatic rings. The van der Waals surface area contributed by atoms with Crippen molar-refractivity contribution >= 4 is 11.9 Å². The van der Waals surface area contributed by atoms with Gasteiger partial charge in [-0.1, -0.05) is 19.1 Å². The van der Waals surface area contributed by atoms with Crippen LogP contribution < -0.4 is 0 Å². The van der Waals surface area contributed by atoms with Crippen LogP contribution in [0.5, 0.6) is 5.75 Å². The monoisotopic (exact) mass is 292 g/mol. The lowest BCUT2D eigenvalue weighted by Gasteiger charge is -2.37. The predicted molar refractivity (Wildman–Crippen MR) is 77.3 cm³/mol.